The Hall–Kier alpha value is -2.12. The molecule has 0 radical (unpaired) electrons. The summed E-state index contributed by atoms with van der Waals surface area (Å²) < 4.78 is 0. The average molecular weight is 281 g/mol. The molecule has 1 N–H and O–H groups in total. The van der Waals surface area contributed by atoms with Gasteiger partial charge in [0, 0.05) is 17.9 Å². The molecule has 0 aromatic carbocycles. The van der Waals surface area contributed by atoms with Gasteiger partial charge >= 0.3 is 0 Å². The number of hydrogen-bond donors (Lipinski definition) is 1. The van der Waals surface area contributed by atoms with E-state index in [1.54, 1.807) is 11.3 Å². The molecule has 1 saturated carbocycles. The number of thiophene rings is 1. The highest BCUT2D eigenvalue weighted by molar-refractivity contribution is 7.11. The molecule has 2 aromatic rings. The van der Waals surface area contributed by atoms with Crippen molar-refractivity contribution < 1.29 is 1.43 Å². The van der Waals surface area contributed by atoms with Crippen molar-refractivity contribution in [3.8, 4) is 6.07 Å². The Morgan fingerprint density at radius 1 is 1.65 bits per heavy atom. The fourth-order valence-electron chi connectivity index (χ4n) is 2.73. The van der Waals surface area contributed by atoms with Gasteiger partial charge in [-0.1, -0.05) is 6.08 Å². The Balaban J connectivity index is 0.00000132. The SMILES string of the molecule is Cc1ccsc1/C=C(\C#N)c1nc2c([nH]1)C1CC1C=C2.[HH]. The summed E-state index contributed by atoms with van der Waals surface area (Å²) in [7, 11) is 0. The fourth-order valence-corrected chi connectivity index (χ4v) is 3.59. The standard InChI is InChI=1S/C16H13N3S.H2/c1-9-4-5-20-14(9)7-11(8-17)16-18-13-3-2-10-6-12(10)15(13)19-16;/h2-5,7,10,12H,6H2,1H3,(H,18,19);1H/b11-7+;. The lowest BCUT2D eigenvalue weighted by Crippen LogP contribution is -1.90. The van der Waals surface area contributed by atoms with E-state index >= 15 is 0 Å². The molecule has 2 aliphatic rings. The van der Waals surface area contributed by atoms with E-state index in [1.165, 1.54) is 17.7 Å². The zero-order chi connectivity index (χ0) is 13.7. The summed E-state index contributed by atoms with van der Waals surface area (Å²) in [6.07, 6.45) is 7.45. The van der Waals surface area contributed by atoms with E-state index in [0.29, 0.717) is 23.2 Å². The van der Waals surface area contributed by atoms with Gasteiger partial charge in [0.25, 0.3) is 0 Å². The minimum Gasteiger partial charge on any atom is -0.340 e. The molecule has 0 saturated heterocycles. The first-order chi connectivity index (χ1) is 9.76. The first-order valence-corrected chi connectivity index (χ1v) is 7.58. The molecular formula is C16H15N3S. The van der Waals surface area contributed by atoms with Crippen molar-refractivity contribution in [2.24, 2.45) is 5.92 Å². The predicted octanol–water partition coefficient (Wildman–Crippen LogP) is 4.22. The number of allylic oxidation sites excluding steroid dienone is 2. The van der Waals surface area contributed by atoms with Gasteiger partial charge in [-0.3, -0.25) is 0 Å². The quantitative estimate of drug-likeness (QED) is 0.838. The van der Waals surface area contributed by atoms with Crippen molar-refractivity contribution >= 4 is 29.1 Å². The maximum absolute atomic E-state index is 9.41. The fraction of sp³-hybridized carbons (Fsp3) is 0.250. The van der Waals surface area contributed by atoms with Crippen LogP contribution >= 0.6 is 11.3 Å². The molecule has 2 aliphatic carbocycles. The maximum Gasteiger partial charge on any atom is 0.148 e. The van der Waals surface area contributed by atoms with E-state index < -0.39 is 0 Å². The first kappa shape index (κ1) is 11.7. The molecule has 0 aliphatic heterocycles. The second kappa shape index (κ2) is 4.19. The molecule has 2 atom stereocenters. The van der Waals surface area contributed by atoms with E-state index in [-0.39, 0.29) is 1.43 Å². The van der Waals surface area contributed by atoms with E-state index in [9.17, 15) is 5.26 Å². The van der Waals surface area contributed by atoms with Gasteiger partial charge in [0.05, 0.1) is 11.3 Å². The third-order valence-corrected chi connectivity index (χ3v) is 4.99. The summed E-state index contributed by atoms with van der Waals surface area (Å²) in [5, 5.41) is 11.5. The van der Waals surface area contributed by atoms with Crippen molar-refractivity contribution in [3.63, 3.8) is 0 Å². The van der Waals surface area contributed by atoms with Crippen LogP contribution in [0, 0.1) is 24.2 Å². The highest BCUT2D eigenvalue weighted by Crippen LogP contribution is 2.51. The Morgan fingerprint density at radius 3 is 3.30 bits per heavy atom. The van der Waals surface area contributed by atoms with Crippen LogP contribution in [0.2, 0.25) is 0 Å². The van der Waals surface area contributed by atoms with Gasteiger partial charge in [-0.05, 0) is 48.4 Å². The van der Waals surface area contributed by atoms with Gasteiger partial charge < -0.3 is 4.98 Å². The number of nitrogens with one attached hydrogen (secondary N) is 1. The molecule has 0 bridgehead atoms. The molecule has 100 valence electrons. The molecule has 2 heterocycles. The minimum absolute atomic E-state index is 0. The van der Waals surface area contributed by atoms with Crippen LogP contribution in [0.4, 0.5) is 0 Å². The lowest BCUT2D eigenvalue weighted by molar-refractivity contribution is 0.953. The summed E-state index contributed by atoms with van der Waals surface area (Å²) >= 11 is 1.65. The summed E-state index contributed by atoms with van der Waals surface area (Å²) in [5.41, 5.74) is 4.01. The van der Waals surface area contributed by atoms with Gasteiger partial charge in [0.1, 0.15) is 11.9 Å². The normalized spacial score (nSPS) is 23.1. The van der Waals surface area contributed by atoms with Crippen molar-refractivity contribution in [1.29, 1.82) is 5.26 Å². The number of hydrogen-bond acceptors (Lipinski definition) is 3. The Bertz CT molecular complexity index is 791. The molecule has 1 fully saturated rings. The van der Waals surface area contributed by atoms with Crippen molar-refractivity contribution in [2.45, 2.75) is 19.3 Å². The van der Waals surface area contributed by atoms with E-state index in [4.69, 9.17) is 0 Å². The second-order valence-electron chi connectivity index (χ2n) is 5.39. The van der Waals surface area contributed by atoms with Gasteiger partial charge in [-0.2, -0.15) is 5.26 Å². The average Bonchev–Trinajstić information content (AvgIpc) is 2.95. The highest BCUT2D eigenvalue weighted by Gasteiger charge is 2.41. The topological polar surface area (TPSA) is 52.5 Å². The van der Waals surface area contributed by atoms with Gasteiger partial charge in [-0.25, -0.2) is 4.98 Å². The van der Waals surface area contributed by atoms with Crippen LogP contribution in [-0.2, 0) is 0 Å². The number of aromatic amines is 1. The second-order valence-corrected chi connectivity index (χ2v) is 6.33. The Labute approximate surface area is 122 Å². The van der Waals surface area contributed by atoms with Crippen LogP contribution in [-0.4, -0.2) is 9.97 Å². The number of rotatable bonds is 2. The Morgan fingerprint density at radius 2 is 2.55 bits per heavy atom. The Kier molecular flexibility index (Phi) is 2.45. The molecule has 2 aromatic heterocycles. The van der Waals surface area contributed by atoms with Gasteiger partial charge in [-0.15, -0.1) is 11.3 Å². The lowest BCUT2D eigenvalue weighted by atomic mass is 10.1. The lowest BCUT2D eigenvalue weighted by Gasteiger charge is -2.00. The zero-order valence-electron chi connectivity index (χ0n) is 11.1. The number of aryl methyl sites for hydroxylation is 1. The minimum atomic E-state index is 0. The third-order valence-electron chi connectivity index (χ3n) is 4.03. The first-order valence-electron chi connectivity index (χ1n) is 6.70. The van der Waals surface area contributed by atoms with Crippen LogP contribution < -0.4 is 0 Å². The molecule has 4 heteroatoms. The summed E-state index contributed by atoms with van der Waals surface area (Å²) in [4.78, 5) is 9.06. The molecule has 0 amide bonds. The van der Waals surface area contributed by atoms with Crippen LogP contribution in [0.15, 0.2) is 17.5 Å². The van der Waals surface area contributed by atoms with Crippen LogP contribution in [0.3, 0.4) is 0 Å². The van der Waals surface area contributed by atoms with Gasteiger partial charge in [0.2, 0.25) is 0 Å². The van der Waals surface area contributed by atoms with Crippen molar-refractivity contribution in [1.82, 2.24) is 9.97 Å². The number of fused-ring (bicyclic) bond motifs is 3. The molecule has 20 heavy (non-hydrogen) atoms. The third kappa shape index (κ3) is 1.75. The number of nitriles is 1. The largest absolute Gasteiger partial charge is 0.340 e. The summed E-state index contributed by atoms with van der Waals surface area (Å²) in [6, 6.07) is 4.34. The predicted molar refractivity (Wildman–Crippen MR) is 83.1 cm³/mol. The van der Waals surface area contributed by atoms with Crippen molar-refractivity contribution in [2.75, 3.05) is 0 Å². The number of H-pyrrole nitrogens is 1. The van der Waals surface area contributed by atoms with E-state index in [0.717, 1.165) is 10.6 Å². The number of aromatic nitrogens is 2. The molecule has 4 rings (SSSR count). The van der Waals surface area contributed by atoms with E-state index in [1.807, 2.05) is 11.5 Å². The monoisotopic (exact) mass is 281 g/mol. The summed E-state index contributed by atoms with van der Waals surface area (Å²) in [5.74, 6) is 1.98. The molecule has 2 unspecified atom stereocenters. The van der Waals surface area contributed by atoms with Gasteiger partial charge in [0.15, 0.2) is 0 Å². The zero-order valence-corrected chi connectivity index (χ0v) is 11.9. The molecule has 3 nitrogen and oxygen atoms in total. The summed E-state index contributed by atoms with van der Waals surface area (Å²) in [6.45, 7) is 2.06. The number of nitrogens with zero attached hydrogens (tertiary/aromatic N) is 2. The van der Waals surface area contributed by atoms with Crippen molar-refractivity contribution in [3.05, 3.63) is 45.2 Å². The number of imidazole rings is 1. The van der Waals surface area contributed by atoms with Crippen LogP contribution in [0.5, 0.6) is 0 Å². The molecule has 0 spiro atoms. The molecular weight excluding hydrogens is 266 g/mol. The van der Waals surface area contributed by atoms with Crippen LogP contribution in [0.25, 0.3) is 17.7 Å². The van der Waals surface area contributed by atoms with Crippen LogP contribution in [0.1, 0.15) is 41.4 Å². The van der Waals surface area contributed by atoms with E-state index in [2.05, 4.69) is 41.2 Å². The maximum atomic E-state index is 9.41. The highest BCUT2D eigenvalue weighted by atomic mass is 32.1. The smallest absolute Gasteiger partial charge is 0.148 e.